The van der Waals surface area contributed by atoms with Crippen LogP contribution in [0.4, 0.5) is 13.2 Å². The van der Waals surface area contributed by atoms with Crippen molar-refractivity contribution >= 4 is 5.91 Å². The second kappa shape index (κ2) is 8.52. The number of pyridine rings is 1. The molecule has 0 spiro atoms. The minimum Gasteiger partial charge on any atom is -0.493 e. The fraction of sp³-hybridized carbons (Fsp3) is 0.294. The van der Waals surface area contributed by atoms with Crippen LogP contribution in [0.25, 0.3) is 0 Å². The number of halogens is 3. The molecule has 0 aliphatic carbocycles. The van der Waals surface area contributed by atoms with Crippen molar-refractivity contribution in [3.05, 3.63) is 53.9 Å². The summed E-state index contributed by atoms with van der Waals surface area (Å²) in [5, 5.41) is 1.96. The van der Waals surface area contributed by atoms with E-state index in [1.807, 2.05) is 5.32 Å². The van der Waals surface area contributed by atoms with Crippen molar-refractivity contribution in [1.82, 2.24) is 10.3 Å². The lowest BCUT2D eigenvalue weighted by Gasteiger charge is -2.21. The summed E-state index contributed by atoms with van der Waals surface area (Å²) in [6.07, 6.45) is -3.47. The molecule has 6 nitrogen and oxygen atoms in total. The molecule has 26 heavy (non-hydrogen) atoms. The van der Waals surface area contributed by atoms with Crippen molar-refractivity contribution in [3.63, 3.8) is 0 Å². The van der Waals surface area contributed by atoms with Gasteiger partial charge in [-0.1, -0.05) is 6.07 Å². The maximum Gasteiger partial charge on any atom is 0.414 e. The van der Waals surface area contributed by atoms with Crippen LogP contribution in [-0.2, 0) is 0 Å². The molecule has 1 aromatic heterocycles. The number of amides is 1. The maximum atomic E-state index is 13.3. The van der Waals surface area contributed by atoms with Crippen LogP contribution in [0.15, 0.2) is 42.6 Å². The lowest BCUT2D eigenvalue weighted by atomic mass is 10.1. The molecule has 0 fully saturated rings. The predicted molar refractivity (Wildman–Crippen MR) is 88.0 cm³/mol. The molecule has 0 aliphatic heterocycles. The molecule has 2 rings (SSSR count). The van der Waals surface area contributed by atoms with Gasteiger partial charge in [-0.25, -0.2) is 0 Å². The summed E-state index contributed by atoms with van der Waals surface area (Å²) in [4.78, 5) is 16.0. The number of carbonyl (C=O) groups is 1. The van der Waals surface area contributed by atoms with E-state index in [1.54, 1.807) is 0 Å². The third-order valence-electron chi connectivity index (χ3n) is 3.39. The standard InChI is InChI=1S/C17H18F3N3O3/c1-25-13-6-5-11(10-14(13)26-9-7-21)16(24)23-15(17(18,19)20)12-4-2-3-8-22-12/h2-6,8,10,15H,7,9,21H2,1H3,(H,23,24)/t15-/m1/s1. The van der Waals surface area contributed by atoms with E-state index < -0.39 is 18.1 Å². The lowest BCUT2D eigenvalue weighted by Crippen LogP contribution is -2.38. The fourth-order valence-electron chi connectivity index (χ4n) is 2.18. The highest BCUT2D eigenvalue weighted by Gasteiger charge is 2.43. The molecule has 3 N–H and O–H groups in total. The summed E-state index contributed by atoms with van der Waals surface area (Å²) in [7, 11) is 1.41. The van der Waals surface area contributed by atoms with Crippen LogP contribution >= 0.6 is 0 Å². The number of nitrogens with one attached hydrogen (secondary N) is 1. The highest BCUT2D eigenvalue weighted by molar-refractivity contribution is 5.95. The first-order valence-electron chi connectivity index (χ1n) is 7.66. The van der Waals surface area contributed by atoms with Crippen molar-refractivity contribution < 1.29 is 27.4 Å². The van der Waals surface area contributed by atoms with E-state index in [-0.39, 0.29) is 30.2 Å². The van der Waals surface area contributed by atoms with Crippen LogP contribution in [0.1, 0.15) is 22.1 Å². The van der Waals surface area contributed by atoms with Crippen molar-refractivity contribution in [2.45, 2.75) is 12.2 Å². The Labute approximate surface area is 148 Å². The first-order chi connectivity index (χ1) is 12.4. The van der Waals surface area contributed by atoms with Gasteiger partial charge in [-0.05, 0) is 30.3 Å². The first kappa shape index (κ1) is 19.5. The fourth-order valence-corrected chi connectivity index (χ4v) is 2.18. The Bertz CT molecular complexity index is 739. The van der Waals surface area contributed by atoms with Gasteiger partial charge >= 0.3 is 6.18 Å². The Morgan fingerprint density at radius 3 is 2.62 bits per heavy atom. The molecule has 0 radical (unpaired) electrons. The molecular formula is C17H18F3N3O3. The zero-order chi connectivity index (χ0) is 19.2. The van der Waals surface area contributed by atoms with E-state index in [4.69, 9.17) is 15.2 Å². The summed E-state index contributed by atoms with van der Waals surface area (Å²) in [5.74, 6) is -0.364. The highest BCUT2D eigenvalue weighted by atomic mass is 19.4. The average Bonchev–Trinajstić information content (AvgIpc) is 2.63. The predicted octanol–water partition coefficient (Wildman–Crippen LogP) is 2.46. The summed E-state index contributed by atoms with van der Waals surface area (Å²) < 4.78 is 50.5. The number of methoxy groups -OCH3 is 1. The van der Waals surface area contributed by atoms with Gasteiger partial charge in [0, 0.05) is 18.3 Å². The summed E-state index contributed by atoms with van der Waals surface area (Å²) in [5.41, 5.74) is 5.05. The van der Waals surface area contributed by atoms with Crippen LogP contribution < -0.4 is 20.5 Å². The number of ether oxygens (including phenoxy) is 2. The van der Waals surface area contributed by atoms with Gasteiger partial charge in [-0.3, -0.25) is 9.78 Å². The summed E-state index contributed by atoms with van der Waals surface area (Å²) in [6.45, 7) is 0.399. The van der Waals surface area contributed by atoms with Gasteiger partial charge < -0.3 is 20.5 Å². The van der Waals surface area contributed by atoms with E-state index in [9.17, 15) is 18.0 Å². The van der Waals surface area contributed by atoms with E-state index in [0.29, 0.717) is 5.75 Å². The number of rotatable bonds is 7. The van der Waals surface area contributed by atoms with Gasteiger partial charge in [-0.15, -0.1) is 0 Å². The Kier molecular flexibility index (Phi) is 6.40. The lowest BCUT2D eigenvalue weighted by molar-refractivity contribution is -0.156. The SMILES string of the molecule is COc1ccc(C(=O)N[C@H](c2ccccn2)C(F)(F)F)cc1OCCN. The molecule has 1 aromatic carbocycles. The molecule has 2 aromatic rings. The largest absolute Gasteiger partial charge is 0.493 e. The van der Waals surface area contributed by atoms with Crippen LogP contribution in [0.2, 0.25) is 0 Å². The van der Waals surface area contributed by atoms with Crippen LogP contribution in [0, 0.1) is 0 Å². The Morgan fingerprint density at radius 2 is 2.04 bits per heavy atom. The van der Waals surface area contributed by atoms with Gasteiger partial charge in [0.1, 0.15) is 6.61 Å². The molecule has 1 atom stereocenters. The van der Waals surface area contributed by atoms with Gasteiger partial charge in [0.05, 0.1) is 12.8 Å². The number of benzene rings is 1. The summed E-state index contributed by atoms with van der Waals surface area (Å²) >= 11 is 0. The second-order valence-electron chi connectivity index (χ2n) is 5.21. The molecule has 1 heterocycles. The minimum atomic E-state index is -4.70. The van der Waals surface area contributed by atoms with Crippen LogP contribution in [0.3, 0.4) is 0 Å². The van der Waals surface area contributed by atoms with E-state index in [2.05, 4.69) is 4.98 Å². The molecule has 0 bridgehead atoms. The van der Waals surface area contributed by atoms with E-state index in [0.717, 1.165) is 0 Å². The molecule has 0 saturated heterocycles. The molecule has 1 amide bonds. The molecule has 140 valence electrons. The number of hydrogen-bond acceptors (Lipinski definition) is 5. The zero-order valence-electron chi connectivity index (χ0n) is 13.9. The van der Waals surface area contributed by atoms with Gasteiger partial charge in [0.25, 0.3) is 5.91 Å². The molecular weight excluding hydrogens is 351 g/mol. The van der Waals surface area contributed by atoms with Crippen molar-refractivity contribution in [2.24, 2.45) is 5.73 Å². The topological polar surface area (TPSA) is 86.5 Å². The normalized spacial score (nSPS) is 12.3. The van der Waals surface area contributed by atoms with Crippen molar-refractivity contribution in [2.75, 3.05) is 20.3 Å². The summed E-state index contributed by atoms with van der Waals surface area (Å²) in [6, 6.07) is 5.95. The quantitative estimate of drug-likeness (QED) is 0.783. The van der Waals surface area contributed by atoms with Crippen LogP contribution in [-0.4, -0.2) is 37.3 Å². The number of nitrogens with zero attached hydrogens (tertiary/aromatic N) is 1. The molecule has 0 unspecified atom stereocenters. The monoisotopic (exact) mass is 369 g/mol. The highest BCUT2D eigenvalue weighted by Crippen LogP contribution is 2.33. The Balaban J connectivity index is 2.26. The van der Waals surface area contributed by atoms with Crippen molar-refractivity contribution in [1.29, 1.82) is 0 Å². The minimum absolute atomic E-state index is 0.0111. The molecule has 9 heteroatoms. The smallest absolute Gasteiger partial charge is 0.414 e. The Morgan fingerprint density at radius 1 is 1.27 bits per heavy atom. The number of nitrogens with two attached hydrogens (primary N) is 1. The average molecular weight is 369 g/mol. The number of carbonyl (C=O) groups excluding carboxylic acids is 1. The number of alkyl halides is 3. The maximum absolute atomic E-state index is 13.3. The third-order valence-corrected chi connectivity index (χ3v) is 3.39. The number of aromatic nitrogens is 1. The van der Waals surface area contributed by atoms with Crippen LogP contribution in [0.5, 0.6) is 11.5 Å². The second-order valence-corrected chi connectivity index (χ2v) is 5.21. The van der Waals surface area contributed by atoms with Gasteiger partial charge in [-0.2, -0.15) is 13.2 Å². The van der Waals surface area contributed by atoms with Gasteiger partial charge in [0.2, 0.25) is 0 Å². The number of hydrogen-bond donors (Lipinski definition) is 2. The first-order valence-corrected chi connectivity index (χ1v) is 7.66. The zero-order valence-corrected chi connectivity index (χ0v) is 13.9. The van der Waals surface area contributed by atoms with Crippen molar-refractivity contribution in [3.8, 4) is 11.5 Å². The van der Waals surface area contributed by atoms with E-state index in [1.165, 1.54) is 49.7 Å². The molecule has 0 aliphatic rings. The third kappa shape index (κ3) is 4.85. The van der Waals surface area contributed by atoms with Gasteiger partial charge in [0.15, 0.2) is 17.5 Å². The Hall–Kier alpha value is -2.81. The van der Waals surface area contributed by atoms with E-state index >= 15 is 0 Å². The molecule has 0 saturated carbocycles.